The van der Waals surface area contributed by atoms with E-state index in [2.05, 4.69) is 60.1 Å². The number of phenols is 1. The number of phenolic OH excluding ortho intramolecular Hbond substituents is 1. The quantitative estimate of drug-likeness (QED) is 0.664. The number of aryl methyl sites for hydroxylation is 1. The summed E-state index contributed by atoms with van der Waals surface area (Å²) in [6, 6.07) is 9.81. The Hall–Kier alpha value is -2.93. The Labute approximate surface area is 184 Å². The summed E-state index contributed by atoms with van der Waals surface area (Å²) in [6.07, 6.45) is 5.73. The average molecular weight is 421 g/mol. The van der Waals surface area contributed by atoms with Crippen molar-refractivity contribution >= 4 is 5.82 Å². The van der Waals surface area contributed by atoms with Crippen LogP contribution in [0.5, 0.6) is 5.75 Å². The van der Waals surface area contributed by atoms with Crippen LogP contribution in [-0.4, -0.2) is 49.0 Å². The van der Waals surface area contributed by atoms with E-state index in [-0.39, 0.29) is 16.8 Å². The fraction of sp³-hybridized carbons (Fsp3) is 0.458. The number of hydrogen-bond donors (Lipinski definition) is 2. The number of piperidine rings is 1. The van der Waals surface area contributed by atoms with Crippen LogP contribution in [-0.2, 0) is 7.05 Å². The van der Waals surface area contributed by atoms with Gasteiger partial charge < -0.3 is 19.9 Å². The molecule has 0 unspecified atom stereocenters. The Morgan fingerprint density at radius 1 is 1.03 bits per heavy atom. The maximum Gasteiger partial charge on any atom is 0.151 e. The van der Waals surface area contributed by atoms with Crippen molar-refractivity contribution in [3.63, 3.8) is 0 Å². The molecule has 1 aliphatic heterocycles. The number of rotatable bonds is 4. The van der Waals surface area contributed by atoms with Crippen LogP contribution in [0.3, 0.4) is 0 Å². The molecule has 7 nitrogen and oxygen atoms in total. The summed E-state index contributed by atoms with van der Waals surface area (Å²) >= 11 is 0. The second-order valence-corrected chi connectivity index (χ2v) is 10.00. The van der Waals surface area contributed by atoms with E-state index in [0.717, 1.165) is 29.9 Å². The van der Waals surface area contributed by atoms with E-state index in [1.54, 1.807) is 12.4 Å². The summed E-state index contributed by atoms with van der Waals surface area (Å²) < 4.78 is 1.88. The molecule has 7 heteroatoms. The van der Waals surface area contributed by atoms with Gasteiger partial charge in [-0.15, -0.1) is 10.2 Å². The number of anilines is 1. The van der Waals surface area contributed by atoms with Crippen LogP contribution in [0.15, 0.2) is 42.9 Å². The number of aromatic hydroxyl groups is 1. The first-order chi connectivity index (χ1) is 14.5. The molecule has 0 bridgehead atoms. The molecular weight excluding hydrogens is 388 g/mol. The SMILES string of the molecule is CN(c1ccc(-c2ccc(-c3cn(C)cn3)cc2O)nn1)C1CC(C)(C)NC(C)(C)C1. The molecule has 3 aromatic rings. The third kappa shape index (κ3) is 4.56. The summed E-state index contributed by atoms with van der Waals surface area (Å²) in [5.41, 5.74) is 3.12. The summed E-state index contributed by atoms with van der Waals surface area (Å²) in [5, 5.41) is 23.2. The van der Waals surface area contributed by atoms with Gasteiger partial charge in [0.1, 0.15) is 5.75 Å². The zero-order chi connectivity index (χ0) is 22.4. The van der Waals surface area contributed by atoms with Gasteiger partial charge >= 0.3 is 0 Å². The number of aromatic nitrogens is 4. The normalized spacial score (nSPS) is 18.1. The van der Waals surface area contributed by atoms with Crippen molar-refractivity contribution < 1.29 is 5.11 Å². The lowest BCUT2D eigenvalue weighted by atomic mass is 9.79. The average Bonchev–Trinajstić information content (AvgIpc) is 3.11. The largest absolute Gasteiger partial charge is 0.507 e. The van der Waals surface area contributed by atoms with Gasteiger partial charge in [0.05, 0.1) is 17.7 Å². The van der Waals surface area contributed by atoms with E-state index in [1.807, 2.05) is 42.1 Å². The first-order valence-electron chi connectivity index (χ1n) is 10.7. The highest BCUT2D eigenvalue weighted by molar-refractivity contribution is 5.73. The summed E-state index contributed by atoms with van der Waals surface area (Å²) in [4.78, 5) is 6.57. The van der Waals surface area contributed by atoms with Gasteiger partial charge in [-0.2, -0.15) is 0 Å². The van der Waals surface area contributed by atoms with Crippen molar-refractivity contribution in [1.82, 2.24) is 25.1 Å². The molecule has 1 aliphatic rings. The van der Waals surface area contributed by atoms with E-state index in [0.29, 0.717) is 17.3 Å². The smallest absolute Gasteiger partial charge is 0.151 e. The minimum Gasteiger partial charge on any atom is -0.507 e. The van der Waals surface area contributed by atoms with Crippen molar-refractivity contribution in [3.05, 3.63) is 42.9 Å². The third-order valence-corrected chi connectivity index (χ3v) is 6.00. The van der Waals surface area contributed by atoms with Gasteiger partial charge in [-0.05, 0) is 64.8 Å². The molecule has 2 aromatic heterocycles. The standard InChI is InChI=1S/C24H32N6O/c1-23(2)12-17(13-24(3,4)28-23)30(6)22-10-9-19(26-27-22)18-8-7-16(11-21(18)31)20-14-29(5)15-25-20/h7-11,14-15,17,28,31H,12-13H2,1-6H3. The Morgan fingerprint density at radius 3 is 2.29 bits per heavy atom. The van der Waals surface area contributed by atoms with Gasteiger partial charge in [-0.3, -0.25) is 0 Å². The molecule has 164 valence electrons. The highest BCUT2D eigenvalue weighted by Gasteiger charge is 2.39. The molecule has 4 rings (SSSR count). The predicted octanol–water partition coefficient (Wildman–Crippen LogP) is 4.00. The lowest BCUT2D eigenvalue weighted by Crippen LogP contribution is -2.62. The van der Waals surface area contributed by atoms with Crippen molar-refractivity contribution in [1.29, 1.82) is 0 Å². The molecule has 0 aliphatic carbocycles. The van der Waals surface area contributed by atoms with Gasteiger partial charge in [0, 0.05) is 48.5 Å². The van der Waals surface area contributed by atoms with Crippen LogP contribution in [0.25, 0.3) is 22.5 Å². The number of hydrogen-bond acceptors (Lipinski definition) is 6. The van der Waals surface area contributed by atoms with Crippen LogP contribution < -0.4 is 10.2 Å². The Balaban J connectivity index is 1.54. The van der Waals surface area contributed by atoms with Gasteiger partial charge in [0.25, 0.3) is 0 Å². The number of imidazole rings is 1. The van der Waals surface area contributed by atoms with Crippen LogP contribution in [0.1, 0.15) is 40.5 Å². The second kappa shape index (κ2) is 7.64. The number of nitrogens with one attached hydrogen (secondary N) is 1. The molecule has 31 heavy (non-hydrogen) atoms. The maximum absolute atomic E-state index is 10.6. The van der Waals surface area contributed by atoms with Crippen LogP contribution in [0.2, 0.25) is 0 Å². The van der Waals surface area contributed by atoms with Gasteiger partial charge in [-0.1, -0.05) is 6.07 Å². The second-order valence-electron chi connectivity index (χ2n) is 10.00. The maximum atomic E-state index is 10.6. The molecule has 0 radical (unpaired) electrons. The molecule has 0 atom stereocenters. The zero-order valence-corrected chi connectivity index (χ0v) is 19.2. The molecule has 1 fully saturated rings. The van der Waals surface area contributed by atoms with E-state index in [4.69, 9.17) is 0 Å². The first kappa shape index (κ1) is 21.3. The lowest BCUT2D eigenvalue weighted by Gasteiger charge is -2.49. The van der Waals surface area contributed by atoms with E-state index >= 15 is 0 Å². The molecule has 0 saturated carbocycles. The Morgan fingerprint density at radius 2 is 1.74 bits per heavy atom. The molecule has 2 N–H and O–H groups in total. The van der Waals surface area contributed by atoms with E-state index in [9.17, 15) is 5.11 Å². The summed E-state index contributed by atoms with van der Waals surface area (Å²) in [5.74, 6) is 1.01. The monoisotopic (exact) mass is 420 g/mol. The van der Waals surface area contributed by atoms with Crippen LogP contribution in [0, 0.1) is 0 Å². The third-order valence-electron chi connectivity index (χ3n) is 6.00. The molecule has 0 spiro atoms. The summed E-state index contributed by atoms with van der Waals surface area (Å²) in [6.45, 7) is 9.00. The highest BCUT2D eigenvalue weighted by atomic mass is 16.3. The highest BCUT2D eigenvalue weighted by Crippen LogP contribution is 2.34. The zero-order valence-electron chi connectivity index (χ0n) is 19.2. The topological polar surface area (TPSA) is 79.1 Å². The van der Waals surface area contributed by atoms with Crippen molar-refractivity contribution in [2.75, 3.05) is 11.9 Å². The van der Waals surface area contributed by atoms with Crippen LogP contribution >= 0.6 is 0 Å². The number of benzene rings is 1. The van der Waals surface area contributed by atoms with Gasteiger partial charge in [0.2, 0.25) is 0 Å². The molecule has 1 aromatic carbocycles. The lowest BCUT2D eigenvalue weighted by molar-refractivity contribution is 0.160. The Bertz CT molecular complexity index is 1050. The molecular formula is C24H32N6O. The predicted molar refractivity (Wildman–Crippen MR) is 124 cm³/mol. The Kier molecular flexibility index (Phi) is 5.25. The van der Waals surface area contributed by atoms with E-state index < -0.39 is 0 Å². The molecule has 1 saturated heterocycles. The van der Waals surface area contributed by atoms with Gasteiger partial charge in [-0.25, -0.2) is 4.98 Å². The molecule has 0 amide bonds. The summed E-state index contributed by atoms with van der Waals surface area (Å²) in [7, 11) is 4.01. The first-order valence-corrected chi connectivity index (χ1v) is 10.7. The van der Waals surface area contributed by atoms with Crippen molar-refractivity contribution in [2.45, 2.75) is 57.7 Å². The minimum absolute atomic E-state index is 0.0647. The van der Waals surface area contributed by atoms with Crippen molar-refractivity contribution in [2.24, 2.45) is 7.05 Å². The fourth-order valence-corrected chi connectivity index (χ4v) is 4.86. The van der Waals surface area contributed by atoms with Gasteiger partial charge in [0.15, 0.2) is 5.82 Å². The fourth-order valence-electron chi connectivity index (χ4n) is 4.86. The number of nitrogens with zero attached hydrogens (tertiary/aromatic N) is 5. The van der Waals surface area contributed by atoms with Crippen molar-refractivity contribution in [3.8, 4) is 28.3 Å². The minimum atomic E-state index is 0.0647. The molecule has 3 heterocycles. The van der Waals surface area contributed by atoms with Crippen LogP contribution in [0.4, 0.5) is 5.82 Å². The van der Waals surface area contributed by atoms with E-state index in [1.165, 1.54) is 0 Å².